The van der Waals surface area contributed by atoms with Crippen molar-refractivity contribution in [1.29, 1.82) is 0 Å². The first-order valence-corrected chi connectivity index (χ1v) is 8.83. The minimum absolute atomic E-state index is 0.308. The van der Waals surface area contributed by atoms with Crippen molar-refractivity contribution >= 4 is 0 Å². The van der Waals surface area contributed by atoms with E-state index in [2.05, 4.69) is 53.7 Å². The highest BCUT2D eigenvalue weighted by atomic mass is 16.5. The highest BCUT2D eigenvalue weighted by Gasteiger charge is 2.28. The van der Waals surface area contributed by atoms with Gasteiger partial charge in [-0.1, -0.05) is 26.0 Å². The van der Waals surface area contributed by atoms with Crippen LogP contribution in [0.1, 0.15) is 45.2 Å². The van der Waals surface area contributed by atoms with Gasteiger partial charge in [-0.25, -0.2) is 4.68 Å². The van der Waals surface area contributed by atoms with Crippen LogP contribution in [-0.2, 0) is 4.74 Å². The van der Waals surface area contributed by atoms with Gasteiger partial charge >= 0.3 is 0 Å². The lowest BCUT2D eigenvalue weighted by Gasteiger charge is -2.35. The summed E-state index contributed by atoms with van der Waals surface area (Å²) in [6.45, 7) is 8.63. The number of aromatic nitrogens is 4. The summed E-state index contributed by atoms with van der Waals surface area (Å²) in [5.41, 5.74) is 2.24. The van der Waals surface area contributed by atoms with Crippen LogP contribution in [0.3, 0.4) is 0 Å². The molecule has 0 spiro atoms. The molecule has 0 amide bonds. The van der Waals surface area contributed by atoms with E-state index in [4.69, 9.17) is 4.74 Å². The van der Waals surface area contributed by atoms with E-state index >= 15 is 0 Å². The van der Waals surface area contributed by atoms with Gasteiger partial charge in [-0.15, -0.1) is 5.10 Å². The molecule has 3 rings (SSSR count). The maximum atomic E-state index is 5.99. The highest BCUT2D eigenvalue weighted by Crippen LogP contribution is 2.26. The average molecular weight is 329 g/mol. The first kappa shape index (κ1) is 17.0. The van der Waals surface area contributed by atoms with Gasteiger partial charge in [0.05, 0.1) is 11.8 Å². The number of nitrogens with one attached hydrogen (secondary N) is 1. The number of tetrazole rings is 1. The summed E-state index contributed by atoms with van der Waals surface area (Å²) in [5.74, 6) is 1.17. The highest BCUT2D eigenvalue weighted by molar-refractivity contribution is 5.34. The fourth-order valence-corrected chi connectivity index (χ4v) is 3.46. The molecule has 2 aromatic rings. The van der Waals surface area contributed by atoms with Gasteiger partial charge in [0.1, 0.15) is 6.33 Å². The molecular formula is C18H27N5O. The molecule has 1 aliphatic heterocycles. The Morgan fingerprint density at radius 3 is 2.71 bits per heavy atom. The smallest absolute Gasteiger partial charge is 0.143 e. The topological polar surface area (TPSA) is 64.9 Å². The van der Waals surface area contributed by atoms with Crippen molar-refractivity contribution in [1.82, 2.24) is 25.5 Å². The van der Waals surface area contributed by atoms with Crippen LogP contribution in [0.15, 0.2) is 30.6 Å². The summed E-state index contributed by atoms with van der Waals surface area (Å²) >= 11 is 0. The summed E-state index contributed by atoms with van der Waals surface area (Å²) in [6, 6.07) is 8.66. The molecule has 6 nitrogen and oxygen atoms in total. The zero-order valence-corrected chi connectivity index (χ0v) is 14.7. The third-order valence-corrected chi connectivity index (χ3v) is 4.84. The average Bonchev–Trinajstić information content (AvgIpc) is 3.14. The Morgan fingerprint density at radius 1 is 1.25 bits per heavy atom. The zero-order chi connectivity index (χ0) is 16.9. The standard InChI is InChI=1S/C18H27N5O/c1-13(2)18-16(5-4-10-24-18)11-19-14(3)15-6-8-17(9-7-15)23-12-20-21-22-23/h6-9,12-14,16,18-19H,4-5,10-11H2,1-3H3. The van der Waals surface area contributed by atoms with Gasteiger partial charge in [0.15, 0.2) is 0 Å². The van der Waals surface area contributed by atoms with Gasteiger partial charge in [-0.2, -0.15) is 0 Å². The molecule has 130 valence electrons. The molecule has 1 aromatic carbocycles. The summed E-state index contributed by atoms with van der Waals surface area (Å²) in [5, 5.41) is 14.9. The second-order valence-corrected chi connectivity index (χ2v) is 6.96. The predicted octanol–water partition coefficient (Wildman–Crippen LogP) is 2.76. The summed E-state index contributed by atoms with van der Waals surface area (Å²) in [7, 11) is 0. The van der Waals surface area contributed by atoms with E-state index in [9.17, 15) is 0 Å². The van der Waals surface area contributed by atoms with Crippen molar-refractivity contribution in [2.24, 2.45) is 11.8 Å². The van der Waals surface area contributed by atoms with Crippen LogP contribution < -0.4 is 5.32 Å². The normalized spacial score (nSPS) is 22.7. The maximum Gasteiger partial charge on any atom is 0.143 e. The first-order chi connectivity index (χ1) is 11.6. The minimum Gasteiger partial charge on any atom is -0.378 e. The SMILES string of the molecule is CC(NCC1CCCOC1C(C)C)c1ccc(-n2cnnn2)cc1. The van der Waals surface area contributed by atoms with Crippen LogP contribution in [0.25, 0.3) is 5.69 Å². The monoisotopic (exact) mass is 329 g/mol. The van der Waals surface area contributed by atoms with E-state index in [1.165, 1.54) is 18.4 Å². The van der Waals surface area contributed by atoms with E-state index in [0.717, 1.165) is 18.8 Å². The molecule has 0 aliphatic carbocycles. The fourth-order valence-electron chi connectivity index (χ4n) is 3.46. The van der Waals surface area contributed by atoms with E-state index in [1.54, 1.807) is 11.0 Å². The van der Waals surface area contributed by atoms with Crippen LogP contribution in [0, 0.1) is 11.8 Å². The zero-order valence-electron chi connectivity index (χ0n) is 14.7. The third kappa shape index (κ3) is 3.99. The first-order valence-electron chi connectivity index (χ1n) is 8.83. The van der Waals surface area contributed by atoms with Gasteiger partial charge < -0.3 is 10.1 Å². The van der Waals surface area contributed by atoms with Crippen molar-refractivity contribution in [3.8, 4) is 5.69 Å². The molecule has 0 saturated carbocycles. The second-order valence-electron chi connectivity index (χ2n) is 6.96. The molecule has 0 bridgehead atoms. The van der Waals surface area contributed by atoms with E-state index in [-0.39, 0.29) is 0 Å². The second kappa shape index (κ2) is 7.85. The summed E-state index contributed by atoms with van der Waals surface area (Å²) in [4.78, 5) is 0. The lowest BCUT2D eigenvalue weighted by atomic mass is 9.87. The Kier molecular flexibility index (Phi) is 5.58. The number of rotatable bonds is 6. The Balaban J connectivity index is 1.57. The van der Waals surface area contributed by atoms with Crippen molar-refractivity contribution < 1.29 is 4.74 Å². The molecule has 1 saturated heterocycles. The van der Waals surface area contributed by atoms with Crippen molar-refractivity contribution in [3.63, 3.8) is 0 Å². The number of hydrogen-bond donors (Lipinski definition) is 1. The number of nitrogens with zero attached hydrogens (tertiary/aromatic N) is 4. The molecule has 2 heterocycles. The molecule has 6 heteroatoms. The molecule has 1 aliphatic rings. The Bertz CT molecular complexity index is 611. The van der Waals surface area contributed by atoms with Gasteiger partial charge in [0, 0.05) is 19.2 Å². The molecule has 3 unspecified atom stereocenters. The van der Waals surface area contributed by atoms with Crippen molar-refractivity contribution in [2.45, 2.75) is 45.8 Å². The third-order valence-electron chi connectivity index (χ3n) is 4.84. The van der Waals surface area contributed by atoms with Crippen LogP contribution in [-0.4, -0.2) is 39.5 Å². The van der Waals surface area contributed by atoms with Crippen LogP contribution in [0.4, 0.5) is 0 Å². The Labute approximate surface area is 143 Å². The number of benzene rings is 1. The van der Waals surface area contributed by atoms with E-state index in [1.807, 2.05) is 12.1 Å². The maximum absolute atomic E-state index is 5.99. The summed E-state index contributed by atoms with van der Waals surface area (Å²) in [6.07, 6.45) is 4.40. The van der Waals surface area contributed by atoms with Crippen molar-refractivity contribution in [3.05, 3.63) is 36.2 Å². The predicted molar refractivity (Wildman–Crippen MR) is 92.9 cm³/mol. The number of ether oxygens (including phenoxy) is 1. The molecule has 24 heavy (non-hydrogen) atoms. The Hall–Kier alpha value is -1.79. The quantitative estimate of drug-likeness (QED) is 0.883. The molecule has 3 atom stereocenters. The molecule has 1 fully saturated rings. The van der Waals surface area contributed by atoms with E-state index < -0.39 is 0 Å². The van der Waals surface area contributed by atoms with Crippen LogP contribution in [0.2, 0.25) is 0 Å². The van der Waals surface area contributed by atoms with Gasteiger partial charge in [-0.3, -0.25) is 0 Å². The molecule has 1 N–H and O–H groups in total. The lowest BCUT2D eigenvalue weighted by Crippen LogP contribution is -2.40. The van der Waals surface area contributed by atoms with Crippen LogP contribution >= 0.6 is 0 Å². The lowest BCUT2D eigenvalue weighted by molar-refractivity contribution is -0.0521. The molecular weight excluding hydrogens is 302 g/mol. The molecule has 0 radical (unpaired) electrons. The van der Waals surface area contributed by atoms with Crippen molar-refractivity contribution in [2.75, 3.05) is 13.2 Å². The molecule has 1 aromatic heterocycles. The fraction of sp³-hybridized carbons (Fsp3) is 0.611. The van der Waals surface area contributed by atoms with Gasteiger partial charge in [-0.05, 0) is 59.7 Å². The number of hydrogen-bond acceptors (Lipinski definition) is 5. The largest absolute Gasteiger partial charge is 0.378 e. The van der Waals surface area contributed by atoms with E-state index in [0.29, 0.717) is 24.0 Å². The van der Waals surface area contributed by atoms with Gasteiger partial charge in [0.2, 0.25) is 0 Å². The summed E-state index contributed by atoms with van der Waals surface area (Å²) < 4.78 is 7.65. The van der Waals surface area contributed by atoms with Crippen LogP contribution in [0.5, 0.6) is 0 Å². The Morgan fingerprint density at radius 2 is 2.04 bits per heavy atom. The minimum atomic E-state index is 0.308. The van der Waals surface area contributed by atoms with Gasteiger partial charge in [0.25, 0.3) is 0 Å².